The quantitative estimate of drug-likeness (QED) is 0.656. The minimum Gasteiger partial charge on any atom is -0.487 e. The fourth-order valence-corrected chi connectivity index (χ4v) is 2.48. The zero-order chi connectivity index (χ0) is 13.0. The molecular formula is C15H18O3. The summed E-state index contributed by atoms with van der Waals surface area (Å²) in [6.07, 6.45) is 4.92. The molecule has 3 nitrogen and oxygen atoms in total. The Labute approximate surface area is 107 Å². The van der Waals surface area contributed by atoms with Gasteiger partial charge >= 0.3 is 5.97 Å². The zero-order valence-electron chi connectivity index (χ0n) is 10.6. The van der Waals surface area contributed by atoms with E-state index < -0.39 is 5.97 Å². The van der Waals surface area contributed by atoms with Gasteiger partial charge in [0, 0.05) is 5.92 Å². The molecule has 1 aromatic rings. The van der Waals surface area contributed by atoms with Crippen LogP contribution in [0.1, 0.15) is 36.8 Å². The molecule has 18 heavy (non-hydrogen) atoms. The van der Waals surface area contributed by atoms with Crippen molar-refractivity contribution in [2.45, 2.75) is 32.1 Å². The lowest BCUT2D eigenvalue weighted by Crippen LogP contribution is -2.12. The molecule has 0 spiro atoms. The van der Waals surface area contributed by atoms with E-state index in [2.05, 4.69) is 12.1 Å². The predicted molar refractivity (Wildman–Crippen MR) is 69.5 cm³/mol. The highest BCUT2D eigenvalue weighted by Gasteiger charge is 2.20. The van der Waals surface area contributed by atoms with Gasteiger partial charge in [-0.2, -0.15) is 0 Å². The highest BCUT2D eigenvalue weighted by molar-refractivity contribution is 5.84. The molecule has 0 aromatic heterocycles. The van der Waals surface area contributed by atoms with Crippen molar-refractivity contribution in [1.29, 1.82) is 0 Å². The Morgan fingerprint density at radius 3 is 3.00 bits per heavy atom. The van der Waals surface area contributed by atoms with Crippen molar-refractivity contribution in [1.82, 2.24) is 0 Å². The van der Waals surface area contributed by atoms with E-state index in [0.29, 0.717) is 6.61 Å². The van der Waals surface area contributed by atoms with Gasteiger partial charge in [0.15, 0.2) is 0 Å². The molecule has 1 atom stereocenters. The molecule has 1 aliphatic rings. The number of carboxylic acids is 1. The zero-order valence-corrected chi connectivity index (χ0v) is 10.6. The molecule has 0 fully saturated rings. The summed E-state index contributed by atoms with van der Waals surface area (Å²) >= 11 is 0. The van der Waals surface area contributed by atoms with E-state index in [9.17, 15) is 4.79 Å². The summed E-state index contributed by atoms with van der Waals surface area (Å²) in [6, 6.07) is 8.25. The van der Waals surface area contributed by atoms with Crippen LogP contribution in [0.2, 0.25) is 0 Å². The molecule has 0 saturated heterocycles. The Morgan fingerprint density at radius 2 is 2.28 bits per heavy atom. The smallest absolute Gasteiger partial charge is 0.370 e. The fourth-order valence-electron chi connectivity index (χ4n) is 2.48. The van der Waals surface area contributed by atoms with Crippen LogP contribution >= 0.6 is 0 Å². The van der Waals surface area contributed by atoms with E-state index in [0.717, 1.165) is 19.3 Å². The Kier molecular flexibility index (Phi) is 4.03. The molecular weight excluding hydrogens is 228 g/mol. The maximum Gasteiger partial charge on any atom is 0.370 e. The second-order valence-electron chi connectivity index (χ2n) is 4.47. The van der Waals surface area contributed by atoms with Gasteiger partial charge in [-0.3, -0.25) is 0 Å². The van der Waals surface area contributed by atoms with Crippen LogP contribution in [0.4, 0.5) is 0 Å². The number of rotatable bonds is 4. The molecule has 1 aliphatic carbocycles. The maximum absolute atomic E-state index is 11.1. The highest BCUT2D eigenvalue weighted by Crippen LogP contribution is 2.33. The molecule has 2 rings (SSSR count). The van der Waals surface area contributed by atoms with Gasteiger partial charge in [-0.25, -0.2) is 4.79 Å². The second kappa shape index (κ2) is 5.71. The van der Waals surface area contributed by atoms with Crippen LogP contribution in [0.5, 0.6) is 0 Å². The van der Waals surface area contributed by atoms with Crippen LogP contribution in [-0.4, -0.2) is 17.7 Å². The van der Waals surface area contributed by atoms with Crippen molar-refractivity contribution in [3.05, 3.63) is 47.2 Å². The lowest BCUT2D eigenvalue weighted by atomic mass is 9.82. The summed E-state index contributed by atoms with van der Waals surface area (Å²) < 4.78 is 5.18. The van der Waals surface area contributed by atoms with Crippen molar-refractivity contribution in [2.75, 3.05) is 6.61 Å². The molecule has 1 aromatic carbocycles. The number of hydrogen-bond acceptors (Lipinski definition) is 2. The molecule has 96 valence electrons. The molecule has 1 N–H and O–H groups in total. The third-order valence-corrected chi connectivity index (χ3v) is 3.28. The number of aliphatic carboxylic acids is 1. The Hall–Kier alpha value is -1.77. The maximum atomic E-state index is 11.1. The van der Waals surface area contributed by atoms with E-state index in [-0.39, 0.29) is 11.7 Å². The fraction of sp³-hybridized carbons (Fsp3) is 0.400. The Bertz CT molecular complexity index is 463. The van der Waals surface area contributed by atoms with Crippen molar-refractivity contribution in [3.63, 3.8) is 0 Å². The lowest BCUT2D eigenvalue weighted by molar-refractivity contribution is -0.136. The molecule has 0 heterocycles. The average molecular weight is 246 g/mol. The molecule has 3 heteroatoms. The van der Waals surface area contributed by atoms with E-state index in [1.165, 1.54) is 11.1 Å². The predicted octanol–water partition coefficient (Wildman–Crippen LogP) is 3.11. The van der Waals surface area contributed by atoms with Crippen molar-refractivity contribution in [2.24, 2.45) is 0 Å². The average Bonchev–Trinajstić information content (AvgIpc) is 2.38. The van der Waals surface area contributed by atoms with Crippen LogP contribution in [0, 0.1) is 0 Å². The second-order valence-corrected chi connectivity index (χ2v) is 4.47. The summed E-state index contributed by atoms with van der Waals surface area (Å²) in [5, 5.41) is 9.09. The normalized spacial score (nSPS) is 19.2. The third-order valence-electron chi connectivity index (χ3n) is 3.28. The van der Waals surface area contributed by atoms with Gasteiger partial charge in [-0.15, -0.1) is 0 Å². The monoisotopic (exact) mass is 246 g/mol. The topological polar surface area (TPSA) is 46.5 Å². The number of benzene rings is 1. The Morgan fingerprint density at radius 1 is 1.50 bits per heavy atom. The summed E-state index contributed by atoms with van der Waals surface area (Å²) in [4.78, 5) is 11.1. The summed E-state index contributed by atoms with van der Waals surface area (Å²) in [7, 11) is 0. The largest absolute Gasteiger partial charge is 0.487 e. The minimum absolute atomic E-state index is 0.0687. The van der Waals surface area contributed by atoms with Crippen molar-refractivity contribution < 1.29 is 14.6 Å². The first-order valence-electron chi connectivity index (χ1n) is 6.38. The molecule has 0 bridgehead atoms. The van der Waals surface area contributed by atoms with Gasteiger partial charge in [0.1, 0.15) is 0 Å². The number of ether oxygens (including phenoxy) is 1. The highest BCUT2D eigenvalue weighted by atomic mass is 16.5. The van der Waals surface area contributed by atoms with Gasteiger partial charge in [-0.05, 0) is 43.4 Å². The van der Waals surface area contributed by atoms with Crippen molar-refractivity contribution in [3.8, 4) is 0 Å². The number of hydrogen-bond donors (Lipinski definition) is 1. The number of carboxylic acid groups (broad SMARTS) is 1. The van der Waals surface area contributed by atoms with Gasteiger partial charge in [0.2, 0.25) is 5.76 Å². The summed E-state index contributed by atoms with van der Waals surface area (Å²) in [5.74, 6) is -0.758. The van der Waals surface area contributed by atoms with Crippen LogP contribution in [0.15, 0.2) is 36.1 Å². The standard InChI is InChI=1S/C15H18O3/c1-2-18-14(15(16)17)10-12-8-5-7-11-6-3-4-9-13(11)12/h3-4,6,9-10,12H,2,5,7-8H2,1H3,(H,16,17)/b14-10+. The van der Waals surface area contributed by atoms with Gasteiger partial charge in [0.05, 0.1) is 6.61 Å². The number of aryl methyl sites for hydroxylation is 1. The molecule has 0 saturated carbocycles. The first kappa shape index (κ1) is 12.7. The van der Waals surface area contributed by atoms with Crippen LogP contribution in [0.25, 0.3) is 0 Å². The molecule has 0 radical (unpaired) electrons. The van der Waals surface area contributed by atoms with Crippen LogP contribution in [-0.2, 0) is 16.0 Å². The van der Waals surface area contributed by atoms with Crippen LogP contribution in [0.3, 0.4) is 0 Å². The number of allylic oxidation sites excluding steroid dienone is 1. The Balaban J connectivity index is 2.29. The number of carbonyl (C=O) groups is 1. The minimum atomic E-state index is -0.986. The molecule has 0 aliphatic heterocycles. The van der Waals surface area contributed by atoms with Crippen LogP contribution < -0.4 is 0 Å². The van der Waals surface area contributed by atoms with E-state index in [4.69, 9.17) is 9.84 Å². The van der Waals surface area contributed by atoms with E-state index in [1.807, 2.05) is 12.1 Å². The van der Waals surface area contributed by atoms with Gasteiger partial charge in [0.25, 0.3) is 0 Å². The number of fused-ring (bicyclic) bond motifs is 1. The van der Waals surface area contributed by atoms with Gasteiger partial charge < -0.3 is 9.84 Å². The van der Waals surface area contributed by atoms with E-state index in [1.54, 1.807) is 13.0 Å². The van der Waals surface area contributed by atoms with Gasteiger partial charge in [-0.1, -0.05) is 24.3 Å². The summed E-state index contributed by atoms with van der Waals surface area (Å²) in [6.45, 7) is 2.18. The lowest BCUT2D eigenvalue weighted by Gasteiger charge is -2.23. The molecule has 1 unspecified atom stereocenters. The first-order valence-corrected chi connectivity index (χ1v) is 6.38. The SMILES string of the molecule is CCO/C(=C/C1CCCc2ccccc21)C(=O)O. The van der Waals surface area contributed by atoms with E-state index >= 15 is 0 Å². The molecule has 0 amide bonds. The summed E-state index contributed by atoms with van der Waals surface area (Å²) in [5.41, 5.74) is 2.56. The first-order chi connectivity index (χ1) is 8.72. The third kappa shape index (κ3) is 2.73. The van der Waals surface area contributed by atoms with Crippen molar-refractivity contribution >= 4 is 5.97 Å².